The van der Waals surface area contributed by atoms with Gasteiger partial charge in [0, 0.05) is 32.6 Å². The van der Waals surface area contributed by atoms with Gasteiger partial charge in [-0.05, 0) is 43.5 Å². The standard InChI is InChI=1S/C23H27N3O3/c1-15-13-19-20(29-21-11-8-12-25(21)22(19)27)14-18(15)23(28)26(24(3)4)16(2)17-9-6-5-7-10-17/h5-7,9-10,13-14,16,21H,8,11-12H2,1-4H3/t16-,21?/m1/s1. The SMILES string of the molecule is Cc1cc2c(cc1C(=O)N([C@H](C)c1ccccc1)N(C)C)OC1CCCN1C2=O. The second-order valence-electron chi connectivity index (χ2n) is 7.96. The average molecular weight is 393 g/mol. The third kappa shape index (κ3) is 3.38. The highest BCUT2D eigenvalue weighted by Gasteiger charge is 2.38. The average Bonchev–Trinajstić information content (AvgIpc) is 3.17. The van der Waals surface area contributed by atoms with Gasteiger partial charge in [-0.2, -0.15) is 0 Å². The van der Waals surface area contributed by atoms with E-state index in [2.05, 4.69) is 0 Å². The van der Waals surface area contributed by atoms with E-state index < -0.39 is 0 Å². The van der Waals surface area contributed by atoms with E-state index in [4.69, 9.17) is 4.74 Å². The van der Waals surface area contributed by atoms with E-state index in [9.17, 15) is 9.59 Å². The first-order valence-corrected chi connectivity index (χ1v) is 10.1. The molecule has 0 bridgehead atoms. The Morgan fingerprint density at radius 3 is 2.62 bits per heavy atom. The zero-order valence-corrected chi connectivity index (χ0v) is 17.4. The number of nitrogens with zero attached hydrogens (tertiary/aromatic N) is 3. The number of hydrazine groups is 1. The van der Waals surface area contributed by atoms with Crippen LogP contribution in [0.4, 0.5) is 0 Å². The summed E-state index contributed by atoms with van der Waals surface area (Å²) in [4.78, 5) is 28.1. The minimum Gasteiger partial charge on any atom is -0.470 e. The van der Waals surface area contributed by atoms with Crippen LogP contribution >= 0.6 is 0 Å². The van der Waals surface area contributed by atoms with Gasteiger partial charge in [-0.3, -0.25) is 14.6 Å². The molecular formula is C23H27N3O3. The van der Waals surface area contributed by atoms with Crippen LogP contribution in [0.3, 0.4) is 0 Å². The van der Waals surface area contributed by atoms with Gasteiger partial charge in [-0.1, -0.05) is 30.3 Å². The van der Waals surface area contributed by atoms with Crippen molar-refractivity contribution in [3.63, 3.8) is 0 Å². The van der Waals surface area contributed by atoms with Gasteiger partial charge in [0.2, 0.25) is 0 Å². The molecule has 1 fully saturated rings. The fourth-order valence-electron chi connectivity index (χ4n) is 4.28. The van der Waals surface area contributed by atoms with E-state index in [1.54, 1.807) is 22.0 Å². The molecule has 1 saturated heterocycles. The van der Waals surface area contributed by atoms with Gasteiger partial charge < -0.3 is 9.64 Å². The lowest BCUT2D eigenvalue weighted by atomic mass is 10.00. The molecule has 0 saturated carbocycles. The third-order valence-electron chi connectivity index (χ3n) is 5.80. The molecule has 2 atom stereocenters. The number of carbonyl (C=O) groups is 2. The third-order valence-corrected chi connectivity index (χ3v) is 5.80. The lowest BCUT2D eigenvalue weighted by molar-refractivity contribution is -0.00169. The van der Waals surface area contributed by atoms with Gasteiger partial charge in [-0.25, -0.2) is 5.01 Å². The van der Waals surface area contributed by atoms with Crippen molar-refractivity contribution in [2.45, 2.75) is 39.0 Å². The first-order chi connectivity index (χ1) is 13.9. The van der Waals surface area contributed by atoms with Gasteiger partial charge in [0.25, 0.3) is 11.8 Å². The summed E-state index contributed by atoms with van der Waals surface area (Å²) in [5.41, 5.74) is 2.93. The first-order valence-electron chi connectivity index (χ1n) is 10.1. The van der Waals surface area contributed by atoms with Gasteiger partial charge in [0.15, 0.2) is 6.23 Å². The number of ether oxygens (including phenoxy) is 1. The van der Waals surface area contributed by atoms with Gasteiger partial charge in [0.05, 0.1) is 11.6 Å². The van der Waals surface area contributed by atoms with Crippen LogP contribution in [0.15, 0.2) is 42.5 Å². The number of carbonyl (C=O) groups excluding carboxylic acids is 2. The maximum atomic E-state index is 13.6. The zero-order chi connectivity index (χ0) is 20.7. The van der Waals surface area contributed by atoms with E-state index in [0.717, 1.165) is 30.5 Å². The quantitative estimate of drug-likeness (QED) is 0.745. The Kier molecular flexibility index (Phi) is 5.04. The number of fused-ring (bicyclic) bond motifs is 2. The Morgan fingerprint density at radius 2 is 1.93 bits per heavy atom. The summed E-state index contributed by atoms with van der Waals surface area (Å²) < 4.78 is 6.08. The number of benzene rings is 2. The van der Waals surface area contributed by atoms with Crippen LogP contribution in [-0.2, 0) is 0 Å². The summed E-state index contributed by atoms with van der Waals surface area (Å²) in [7, 11) is 3.73. The lowest BCUT2D eigenvalue weighted by Crippen LogP contribution is -2.45. The van der Waals surface area contributed by atoms with Crippen LogP contribution in [0.1, 0.15) is 57.7 Å². The molecular weight excluding hydrogens is 366 g/mol. The van der Waals surface area contributed by atoms with Crippen LogP contribution in [0.2, 0.25) is 0 Å². The smallest absolute Gasteiger partial charge is 0.269 e. The van der Waals surface area contributed by atoms with Crippen molar-refractivity contribution in [2.75, 3.05) is 20.6 Å². The second kappa shape index (κ2) is 7.52. The highest BCUT2D eigenvalue weighted by atomic mass is 16.5. The Labute approximate surface area is 171 Å². The molecule has 152 valence electrons. The minimum absolute atomic E-state index is 0.00188. The molecule has 2 amide bonds. The summed E-state index contributed by atoms with van der Waals surface area (Å²) in [5, 5.41) is 3.54. The molecule has 6 heteroatoms. The van der Waals surface area contributed by atoms with Crippen molar-refractivity contribution in [1.29, 1.82) is 0 Å². The van der Waals surface area contributed by atoms with Crippen molar-refractivity contribution >= 4 is 11.8 Å². The molecule has 0 radical (unpaired) electrons. The molecule has 2 heterocycles. The molecule has 1 unspecified atom stereocenters. The van der Waals surface area contributed by atoms with Crippen molar-refractivity contribution in [2.24, 2.45) is 0 Å². The second-order valence-corrected chi connectivity index (χ2v) is 7.96. The monoisotopic (exact) mass is 393 g/mol. The van der Waals surface area contributed by atoms with E-state index >= 15 is 0 Å². The van der Waals surface area contributed by atoms with E-state index in [1.807, 2.05) is 63.3 Å². The Hall–Kier alpha value is -2.86. The van der Waals surface area contributed by atoms with Crippen LogP contribution in [0, 0.1) is 6.92 Å². The number of aryl methyl sites for hydroxylation is 1. The fraction of sp³-hybridized carbons (Fsp3) is 0.391. The Bertz CT molecular complexity index is 942. The predicted octanol–water partition coefficient (Wildman–Crippen LogP) is 3.63. The normalized spacial score (nSPS) is 18.9. The molecule has 0 aromatic heterocycles. The molecule has 0 spiro atoms. The molecule has 2 aromatic carbocycles. The molecule has 2 aliphatic rings. The number of amides is 2. The summed E-state index contributed by atoms with van der Waals surface area (Å²) in [6.45, 7) is 4.61. The van der Waals surface area contributed by atoms with E-state index in [-0.39, 0.29) is 24.1 Å². The van der Waals surface area contributed by atoms with Crippen LogP contribution in [-0.4, -0.2) is 53.6 Å². The van der Waals surface area contributed by atoms with Gasteiger partial charge >= 0.3 is 0 Å². The summed E-state index contributed by atoms with van der Waals surface area (Å²) in [6, 6.07) is 13.3. The molecule has 0 N–H and O–H groups in total. The maximum absolute atomic E-state index is 13.6. The topological polar surface area (TPSA) is 53.1 Å². The largest absolute Gasteiger partial charge is 0.470 e. The highest BCUT2D eigenvalue weighted by Crippen LogP contribution is 2.35. The maximum Gasteiger partial charge on any atom is 0.269 e. The molecule has 6 nitrogen and oxygen atoms in total. The summed E-state index contributed by atoms with van der Waals surface area (Å²) >= 11 is 0. The Morgan fingerprint density at radius 1 is 1.21 bits per heavy atom. The van der Waals surface area contributed by atoms with E-state index in [1.165, 1.54) is 0 Å². The van der Waals surface area contributed by atoms with Crippen molar-refractivity contribution in [3.05, 3.63) is 64.7 Å². The highest BCUT2D eigenvalue weighted by molar-refractivity contribution is 6.02. The van der Waals surface area contributed by atoms with Crippen LogP contribution in [0.25, 0.3) is 0 Å². The summed E-state index contributed by atoms with van der Waals surface area (Å²) in [6.07, 6.45) is 1.56. The lowest BCUT2D eigenvalue weighted by Gasteiger charge is -2.36. The van der Waals surface area contributed by atoms with Crippen molar-refractivity contribution in [3.8, 4) is 5.75 Å². The molecule has 2 aliphatic heterocycles. The number of rotatable bonds is 4. The Balaban J connectivity index is 1.70. The minimum atomic E-state index is -0.214. The first kappa shape index (κ1) is 19.5. The zero-order valence-electron chi connectivity index (χ0n) is 17.4. The number of hydrogen-bond donors (Lipinski definition) is 0. The van der Waals surface area contributed by atoms with E-state index in [0.29, 0.717) is 16.9 Å². The van der Waals surface area contributed by atoms with Gasteiger partial charge in [-0.15, -0.1) is 0 Å². The van der Waals surface area contributed by atoms with Gasteiger partial charge in [0.1, 0.15) is 5.75 Å². The fourth-order valence-corrected chi connectivity index (χ4v) is 4.28. The van der Waals surface area contributed by atoms with Crippen molar-refractivity contribution in [1.82, 2.24) is 14.9 Å². The molecule has 4 rings (SSSR count). The predicted molar refractivity (Wildman–Crippen MR) is 111 cm³/mol. The summed E-state index contributed by atoms with van der Waals surface area (Å²) in [5.74, 6) is 0.396. The van der Waals surface area contributed by atoms with Crippen LogP contribution in [0.5, 0.6) is 5.75 Å². The molecule has 2 aromatic rings. The molecule has 0 aliphatic carbocycles. The molecule has 29 heavy (non-hydrogen) atoms. The number of hydrogen-bond acceptors (Lipinski definition) is 4. The van der Waals surface area contributed by atoms with Crippen LogP contribution < -0.4 is 4.74 Å². The van der Waals surface area contributed by atoms with Crippen molar-refractivity contribution < 1.29 is 14.3 Å².